The van der Waals surface area contributed by atoms with Crippen LogP contribution >= 0.6 is 11.6 Å². The first-order valence-electron chi connectivity index (χ1n) is 3.79. The number of sulfone groups is 1. The summed E-state index contributed by atoms with van der Waals surface area (Å²) in [4.78, 5) is 0. The van der Waals surface area contributed by atoms with E-state index in [2.05, 4.69) is 5.32 Å². The van der Waals surface area contributed by atoms with Crippen LogP contribution in [0.1, 0.15) is 0 Å². The molecule has 0 rings (SSSR count). The van der Waals surface area contributed by atoms with Crippen molar-refractivity contribution in [2.24, 2.45) is 5.73 Å². The monoisotopic (exact) mass is 214 g/mol. The summed E-state index contributed by atoms with van der Waals surface area (Å²) in [7, 11) is -2.95. The Labute approximate surface area is 78.4 Å². The molecule has 0 saturated heterocycles. The maximum Gasteiger partial charge on any atom is 0.152 e. The van der Waals surface area contributed by atoms with Gasteiger partial charge in [-0.1, -0.05) is 0 Å². The number of hydrogen-bond acceptors (Lipinski definition) is 4. The van der Waals surface area contributed by atoms with Gasteiger partial charge in [-0.2, -0.15) is 0 Å². The van der Waals surface area contributed by atoms with Crippen molar-refractivity contribution in [3.05, 3.63) is 0 Å². The van der Waals surface area contributed by atoms with Crippen LogP contribution in [0.3, 0.4) is 0 Å². The lowest BCUT2D eigenvalue weighted by molar-refractivity contribution is 0.592. The van der Waals surface area contributed by atoms with E-state index in [9.17, 15) is 8.42 Å². The molecule has 0 atom stereocenters. The number of halogens is 1. The SMILES string of the molecule is NCCNCCS(=O)(=O)CCCl. The fourth-order valence-electron chi connectivity index (χ4n) is 0.674. The Morgan fingerprint density at radius 1 is 1.25 bits per heavy atom. The van der Waals surface area contributed by atoms with E-state index < -0.39 is 9.84 Å². The lowest BCUT2D eigenvalue weighted by Gasteiger charge is -2.02. The van der Waals surface area contributed by atoms with Crippen molar-refractivity contribution in [3.8, 4) is 0 Å². The maximum absolute atomic E-state index is 11.0. The molecular weight excluding hydrogens is 200 g/mol. The van der Waals surface area contributed by atoms with Gasteiger partial charge in [0.1, 0.15) is 0 Å². The van der Waals surface area contributed by atoms with E-state index in [4.69, 9.17) is 17.3 Å². The minimum absolute atomic E-state index is 0.0544. The fraction of sp³-hybridized carbons (Fsp3) is 1.00. The van der Waals surface area contributed by atoms with Crippen LogP contribution in [0, 0.1) is 0 Å². The minimum atomic E-state index is -2.95. The second kappa shape index (κ2) is 6.65. The number of hydrogen-bond donors (Lipinski definition) is 2. The van der Waals surface area contributed by atoms with E-state index in [1.165, 1.54) is 0 Å². The molecule has 0 spiro atoms. The molecule has 0 aromatic carbocycles. The van der Waals surface area contributed by atoms with Crippen LogP contribution < -0.4 is 11.1 Å². The third-order valence-corrected chi connectivity index (χ3v) is 3.36. The molecule has 12 heavy (non-hydrogen) atoms. The Morgan fingerprint density at radius 3 is 2.42 bits per heavy atom. The van der Waals surface area contributed by atoms with Crippen LogP contribution in [0.25, 0.3) is 0 Å². The zero-order valence-electron chi connectivity index (χ0n) is 6.92. The van der Waals surface area contributed by atoms with E-state index in [1.54, 1.807) is 0 Å². The van der Waals surface area contributed by atoms with Gasteiger partial charge >= 0.3 is 0 Å². The number of nitrogens with two attached hydrogens (primary N) is 1. The molecule has 74 valence electrons. The Morgan fingerprint density at radius 2 is 1.92 bits per heavy atom. The minimum Gasteiger partial charge on any atom is -0.329 e. The predicted molar refractivity (Wildman–Crippen MR) is 51.3 cm³/mol. The van der Waals surface area contributed by atoms with E-state index in [-0.39, 0.29) is 17.4 Å². The summed E-state index contributed by atoms with van der Waals surface area (Å²) in [5.41, 5.74) is 5.20. The highest BCUT2D eigenvalue weighted by atomic mass is 35.5. The molecule has 0 amide bonds. The van der Waals surface area contributed by atoms with Crippen molar-refractivity contribution in [3.63, 3.8) is 0 Å². The average molecular weight is 215 g/mol. The highest BCUT2D eigenvalue weighted by Gasteiger charge is 2.07. The Balaban J connectivity index is 3.48. The molecule has 4 nitrogen and oxygen atoms in total. The van der Waals surface area contributed by atoms with Gasteiger partial charge in [-0.25, -0.2) is 8.42 Å². The summed E-state index contributed by atoms with van der Waals surface area (Å²) in [6.07, 6.45) is 0. The smallest absolute Gasteiger partial charge is 0.152 e. The van der Waals surface area contributed by atoms with Gasteiger partial charge < -0.3 is 11.1 Å². The van der Waals surface area contributed by atoms with Gasteiger partial charge in [-0.15, -0.1) is 11.6 Å². The first kappa shape index (κ1) is 12.2. The first-order valence-corrected chi connectivity index (χ1v) is 6.15. The van der Waals surface area contributed by atoms with Gasteiger partial charge in [0.15, 0.2) is 9.84 Å². The van der Waals surface area contributed by atoms with Crippen molar-refractivity contribution >= 4 is 21.4 Å². The highest BCUT2D eigenvalue weighted by molar-refractivity contribution is 7.91. The third kappa shape index (κ3) is 6.84. The molecule has 0 unspecified atom stereocenters. The number of alkyl halides is 1. The summed E-state index contributed by atoms with van der Waals surface area (Å²) in [5, 5.41) is 2.90. The zero-order valence-corrected chi connectivity index (χ0v) is 8.50. The van der Waals surface area contributed by atoms with Crippen LogP contribution in [0.5, 0.6) is 0 Å². The Bertz CT molecular complexity index is 194. The maximum atomic E-state index is 11.0. The standard InChI is InChI=1S/C6H15ClN2O2S/c7-1-5-12(10,11)6-4-9-3-2-8/h9H,1-6,8H2. The molecule has 0 heterocycles. The quantitative estimate of drug-likeness (QED) is 0.430. The molecule has 0 aromatic rings. The molecule has 0 fully saturated rings. The molecule has 0 aromatic heterocycles. The van der Waals surface area contributed by atoms with Crippen molar-refractivity contribution in [2.75, 3.05) is 37.0 Å². The molecule has 0 aliphatic heterocycles. The second-order valence-corrected chi connectivity index (χ2v) is 5.06. The fourth-order valence-corrected chi connectivity index (χ4v) is 2.27. The molecule has 0 bridgehead atoms. The van der Waals surface area contributed by atoms with Crippen molar-refractivity contribution in [2.45, 2.75) is 0 Å². The summed E-state index contributed by atoms with van der Waals surface area (Å²) in [6.45, 7) is 1.63. The topological polar surface area (TPSA) is 72.2 Å². The van der Waals surface area contributed by atoms with Crippen LogP contribution in [-0.2, 0) is 9.84 Å². The summed E-state index contributed by atoms with van der Waals surface area (Å²) < 4.78 is 22.1. The molecule has 6 heteroatoms. The third-order valence-electron chi connectivity index (χ3n) is 1.30. The van der Waals surface area contributed by atoms with Crippen molar-refractivity contribution < 1.29 is 8.42 Å². The van der Waals surface area contributed by atoms with Gasteiger partial charge in [-0.05, 0) is 0 Å². The molecule has 3 N–H and O–H groups in total. The van der Waals surface area contributed by atoms with E-state index in [0.29, 0.717) is 19.6 Å². The van der Waals surface area contributed by atoms with Gasteiger partial charge in [0, 0.05) is 25.5 Å². The van der Waals surface area contributed by atoms with E-state index in [0.717, 1.165) is 0 Å². The first-order chi connectivity index (χ1) is 5.62. The number of rotatable bonds is 7. The second-order valence-electron chi connectivity index (χ2n) is 2.38. The van der Waals surface area contributed by atoms with Crippen LogP contribution in [0.15, 0.2) is 0 Å². The van der Waals surface area contributed by atoms with Gasteiger partial charge in [-0.3, -0.25) is 0 Å². The summed E-state index contributed by atoms with van der Waals surface area (Å²) in [6, 6.07) is 0. The number of nitrogens with one attached hydrogen (secondary N) is 1. The lowest BCUT2D eigenvalue weighted by Crippen LogP contribution is -2.28. The van der Waals surface area contributed by atoms with E-state index >= 15 is 0 Å². The van der Waals surface area contributed by atoms with Gasteiger partial charge in [0.25, 0.3) is 0 Å². The van der Waals surface area contributed by atoms with Crippen LogP contribution in [-0.4, -0.2) is 45.4 Å². The van der Waals surface area contributed by atoms with Crippen molar-refractivity contribution in [1.29, 1.82) is 0 Å². The van der Waals surface area contributed by atoms with Crippen LogP contribution in [0.4, 0.5) is 0 Å². The molecule has 0 saturated carbocycles. The highest BCUT2D eigenvalue weighted by Crippen LogP contribution is 1.90. The van der Waals surface area contributed by atoms with E-state index in [1.807, 2.05) is 0 Å². The Kier molecular flexibility index (Phi) is 6.74. The van der Waals surface area contributed by atoms with Gasteiger partial charge in [0.05, 0.1) is 11.5 Å². The van der Waals surface area contributed by atoms with Gasteiger partial charge in [0.2, 0.25) is 0 Å². The predicted octanol–water partition coefficient (Wildman–Crippen LogP) is -0.812. The zero-order chi connectivity index (χ0) is 9.45. The lowest BCUT2D eigenvalue weighted by atomic mass is 10.6. The molecule has 0 aliphatic rings. The molecular formula is C6H15ClN2O2S. The van der Waals surface area contributed by atoms with Crippen LogP contribution in [0.2, 0.25) is 0 Å². The largest absolute Gasteiger partial charge is 0.329 e. The molecule has 0 aliphatic carbocycles. The van der Waals surface area contributed by atoms with Crippen molar-refractivity contribution in [1.82, 2.24) is 5.32 Å². The summed E-state index contributed by atoms with van der Waals surface area (Å²) in [5.74, 6) is 0.359. The normalized spacial score (nSPS) is 11.8. The average Bonchev–Trinajstić information content (AvgIpc) is 1.98. The summed E-state index contributed by atoms with van der Waals surface area (Å²) >= 11 is 5.31. The molecule has 0 radical (unpaired) electrons. The Hall–Kier alpha value is 0.160.